The number of hydrogen-bond donors (Lipinski definition) is 2. The van der Waals surface area contributed by atoms with Crippen LogP contribution in [-0.2, 0) is 11.3 Å². The average molecular weight is 512 g/mol. The monoisotopic (exact) mass is 512 g/mol. The first-order valence-corrected chi connectivity index (χ1v) is 10.1. The smallest absolute Gasteiger partial charge is 0.191 e. The van der Waals surface area contributed by atoms with Crippen LogP contribution < -0.4 is 10.6 Å². The molecule has 29 heavy (non-hydrogen) atoms. The van der Waals surface area contributed by atoms with Gasteiger partial charge in [0, 0.05) is 44.0 Å². The molecule has 2 aromatic rings. The number of morpholine rings is 1. The van der Waals surface area contributed by atoms with Crippen molar-refractivity contribution in [2.75, 3.05) is 45.9 Å². The second kappa shape index (κ2) is 12.1. The summed E-state index contributed by atoms with van der Waals surface area (Å²) >= 11 is 0. The highest BCUT2D eigenvalue weighted by atomic mass is 127. The van der Waals surface area contributed by atoms with Gasteiger partial charge in [0.05, 0.1) is 31.1 Å². The lowest BCUT2D eigenvalue weighted by atomic mass is 10.2. The highest BCUT2D eigenvalue weighted by Crippen LogP contribution is 2.18. The lowest BCUT2D eigenvalue weighted by Crippen LogP contribution is -2.44. The van der Waals surface area contributed by atoms with Crippen molar-refractivity contribution < 1.29 is 4.74 Å². The Kier molecular flexibility index (Phi) is 9.89. The van der Waals surface area contributed by atoms with Crippen LogP contribution in [0.4, 0.5) is 0 Å². The molecule has 160 valence electrons. The summed E-state index contributed by atoms with van der Waals surface area (Å²) in [7, 11) is 0. The number of hydrogen-bond acceptors (Lipinski definition) is 4. The molecular weight excluding hydrogens is 479 g/mol. The Hall–Kier alpha value is -1.65. The number of aliphatic imine (C=N–C) groups is 1. The lowest BCUT2D eigenvalue weighted by Gasteiger charge is -2.26. The Bertz CT molecular complexity index is 771. The molecule has 0 amide bonds. The highest BCUT2D eigenvalue weighted by Gasteiger charge is 2.13. The number of aromatic nitrogens is 2. The van der Waals surface area contributed by atoms with E-state index in [0.29, 0.717) is 6.54 Å². The van der Waals surface area contributed by atoms with E-state index in [1.807, 2.05) is 22.9 Å². The second-order valence-electron chi connectivity index (χ2n) is 6.97. The third-order valence-electron chi connectivity index (χ3n) is 5.01. The number of aryl methyl sites for hydroxylation is 1. The van der Waals surface area contributed by atoms with Crippen molar-refractivity contribution in [2.24, 2.45) is 4.99 Å². The normalized spacial score (nSPS) is 15.1. The van der Waals surface area contributed by atoms with Crippen LogP contribution in [0.5, 0.6) is 0 Å². The van der Waals surface area contributed by atoms with Gasteiger partial charge in [0.25, 0.3) is 0 Å². The standard InChI is InChI=1S/C21H32N6O.HI/c1-4-22-21(23-10-11-26-12-14-28-15-13-26)24-16-20-17(2)25-27(18(20)3)19-8-6-5-7-9-19;/h5-9H,4,10-16H2,1-3H3,(H2,22,23,24);1H. The third-order valence-corrected chi connectivity index (χ3v) is 5.01. The quantitative estimate of drug-likeness (QED) is 0.339. The minimum absolute atomic E-state index is 0. The van der Waals surface area contributed by atoms with Gasteiger partial charge in [0.1, 0.15) is 0 Å². The van der Waals surface area contributed by atoms with Crippen LogP contribution in [0.25, 0.3) is 5.69 Å². The van der Waals surface area contributed by atoms with Crippen LogP contribution in [-0.4, -0.2) is 66.6 Å². The maximum absolute atomic E-state index is 5.40. The molecule has 7 nitrogen and oxygen atoms in total. The van der Waals surface area contributed by atoms with E-state index in [2.05, 4.69) is 48.4 Å². The number of ether oxygens (including phenoxy) is 1. The van der Waals surface area contributed by atoms with E-state index >= 15 is 0 Å². The van der Waals surface area contributed by atoms with E-state index in [-0.39, 0.29) is 24.0 Å². The molecule has 3 rings (SSSR count). The maximum Gasteiger partial charge on any atom is 0.191 e. The number of nitrogens with one attached hydrogen (secondary N) is 2. The average Bonchev–Trinajstić information content (AvgIpc) is 3.01. The van der Waals surface area contributed by atoms with Gasteiger partial charge in [0.15, 0.2) is 5.96 Å². The summed E-state index contributed by atoms with van der Waals surface area (Å²) in [5.41, 5.74) is 4.41. The Labute approximate surface area is 190 Å². The van der Waals surface area contributed by atoms with Crippen molar-refractivity contribution in [2.45, 2.75) is 27.3 Å². The van der Waals surface area contributed by atoms with E-state index in [9.17, 15) is 0 Å². The van der Waals surface area contributed by atoms with Gasteiger partial charge < -0.3 is 15.4 Å². The van der Waals surface area contributed by atoms with Crippen LogP contribution in [0, 0.1) is 13.8 Å². The maximum atomic E-state index is 5.40. The fourth-order valence-corrected chi connectivity index (χ4v) is 3.38. The van der Waals surface area contributed by atoms with Crippen molar-refractivity contribution >= 4 is 29.9 Å². The van der Waals surface area contributed by atoms with Crippen molar-refractivity contribution in [3.05, 3.63) is 47.3 Å². The van der Waals surface area contributed by atoms with Crippen LogP contribution in [0.15, 0.2) is 35.3 Å². The molecule has 1 aromatic heterocycles. The summed E-state index contributed by atoms with van der Waals surface area (Å²) in [6, 6.07) is 10.2. The van der Waals surface area contributed by atoms with Gasteiger partial charge in [0.2, 0.25) is 0 Å². The van der Waals surface area contributed by atoms with Gasteiger partial charge in [-0.2, -0.15) is 5.10 Å². The zero-order valence-electron chi connectivity index (χ0n) is 17.6. The zero-order chi connectivity index (χ0) is 19.8. The number of para-hydroxylation sites is 1. The molecule has 0 unspecified atom stereocenters. The topological polar surface area (TPSA) is 66.7 Å². The van der Waals surface area contributed by atoms with Crippen molar-refractivity contribution in [1.29, 1.82) is 0 Å². The van der Waals surface area contributed by atoms with E-state index < -0.39 is 0 Å². The second-order valence-corrected chi connectivity index (χ2v) is 6.97. The van der Waals surface area contributed by atoms with Gasteiger partial charge >= 0.3 is 0 Å². The van der Waals surface area contributed by atoms with E-state index in [0.717, 1.165) is 69.0 Å². The van der Waals surface area contributed by atoms with Crippen molar-refractivity contribution in [1.82, 2.24) is 25.3 Å². The van der Waals surface area contributed by atoms with E-state index in [1.165, 1.54) is 5.56 Å². The number of halogens is 1. The van der Waals surface area contributed by atoms with Gasteiger partial charge in [-0.15, -0.1) is 24.0 Å². The minimum Gasteiger partial charge on any atom is -0.379 e. The Morgan fingerprint density at radius 2 is 1.86 bits per heavy atom. The molecule has 1 aliphatic rings. The van der Waals surface area contributed by atoms with E-state index in [4.69, 9.17) is 14.8 Å². The van der Waals surface area contributed by atoms with Gasteiger partial charge in [-0.3, -0.25) is 4.90 Å². The predicted molar refractivity (Wildman–Crippen MR) is 129 cm³/mol. The van der Waals surface area contributed by atoms with Crippen LogP contribution in [0.3, 0.4) is 0 Å². The molecule has 0 radical (unpaired) electrons. The lowest BCUT2D eigenvalue weighted by molar-refractivity contribution is 0.0389. The highest BCUT2D eigenvalue weighted by molar-refractivity contribution is 14.0. The molecule has 2 heterocycles. The molecule has 8 heteroatoms. The van der Waals surface area contributed by atoms with Gasteiger partial charge in [-0.05, 0) is 32.9 Å². The van der Waals surface area contributed by atoms with Crippen LogP contribution in [0.1, 0.15) is 23.9 Å². The van der Waals surface area contributed by atoms with Gasteiger partial charge in [-0.25, -0.2) is 9.67 Å². The van der Waals surface area contributed by atoms with E-state index in [1.54, 1.807) is 0 Å². The molecule has 1 aromatic carbocycles. The predicted octanol–water partition coefficient (Wildman–Crippen LogP) is 2.49. The Morgan fingerprint density at radius 3 is 2.55 bits per heavy atom. The molecule has 0 bridgehead atoms. The molecule has 0 aliphatic carbocycles. The minimum atomic E-state index is 0. The third kappa shape index (κ3) is 6.68. The summed E-state index contributed by atoms with van der Waals surface area (Å²) < 4.78 is 7.40. The fourth-order valence-electron chi connectivity index (χ4n) is 3.38. The first-order valence-electron chi connectivity index (χ1n) is 10.1. The molecule has 1 fully saturated rings. The number of guanidine groups is 1. The molecule has 1 aliphatic heterocycles. The molecule has 0 atom stereocenters. The fraction of sp³-hybridized carbons (Fsp3) is 0.524. The molecule has 2 N–H and O–H groups in total. The SMILES string of the molecule is CCNC(=NCc1c(C)nn(-c2ccccc2)c1C)NCCN1CCOCC1.I. The first kappa shape index (κ1) is 23.6. The number of nitrogens with zero attached hydrogens (tertiary/aromatic N) is 4. The summed E-state index contributed by atoms with van der Waals surface area (Å²) in [5, 5.41) is 11.5. The van der Waals surface area contributed by atoms with Crippen molar-refractivity contribution in [3.63, 3.8) is 0 Å². The van der Waals surface area contributed by atoms with Crippen molar-refractivity contribution in [3.8, 4) is 5.69 Å². The first-order chi connectivity index (χ1) is 13.7. The van der Waals surface area contributed by atoms with Crippen LogP contribution in [0.2, 0.25) is 0 Å². The molecule has 0 spiro atoms. The van der Waals surface area contributed by atoms with Crippen LogP contribution >= 0.6 is 24.0 Å². The summed E-state index contributed by atoms with van der Waals surface area (Å²) in [6.07, 6.45) is 0. The largest absolute Gasteiger partial charge is 0.379 e. The molecule has 1 saturated heterocycles. The number of benzene rings is 1. The molecular formula is C21H33IN6O. The summed E-state index contributed by atoms with van der Waals surface area (Å²) in [4.78, 5) is 7.21. The zero-order valence-corrected chi connectivity index (χ0v) is 20.0. The number of rotatable bonds is 7. The molecule has 0 saturated carbocycles. The Balaban J connectivity index is 0.00000300. The summed E-state index contributed by atoms with van der Waals surface area (Å²) in [5.74, 6) is 0.849. The summed E-state index contributed by atoms with van der Waals surface area (Å²) in [6.45, 7) is 13.2. The Morgan fingerprint density at radius 1 is 1.14 bits per heavy atom. The van der Waals surface area contributed by atoms with Gasteiger partial charge in [-0.1, -0.05) is 18.2 Å².